The normalized spacial score (nSPS) is 36.6. The van der Waals surface area contributed by atoms with E-state index in [1.165, 1.54) is 0 Å². The number of halogens is 2. The van der Waals surface area contributed by atoms with Crippen molar-refractivity contribution in [2.24, 2.45) is 5.92 Å². The Bertz CT molecular complexity index is 227. The molecule has 2 aliphatic heterocycles. The SMILES string of the molecule is CC(C)CC12CCCN1CC(F)(F)C2. The molecule has 0 aromatic rings. The van der Waals surface area contributed by atoms with Gasteiger partial charge >= 0.3 is 0 Å². The summed E-state index contributed by atoms with van der Waals surface area (Å²) >= 11 is 0. The molecule has 3 heteroatoms. The van der Waals surface area contributed by atoms with Crippen LogP contribution in [0.5, 0.6) is 0 Å². The average Bonchev–Trinajstić information content (AvgIpc) is 2.37. The lowest BCUT2D eigenvalue weighted by Crippen LogP contribution is -2.39. The molecule has 0 radical (unpaired) electrons. The Morgan fingerprint density at radius 2 is 2.07 bits per heavy atom. The van der Waals surface area contributed by atoms with Crippen LogP contribution in [0.2, 0.25) is 0 Å². The minimum Gasteiger partial charge on any atom is -0.291 e. The molecule has 0 aromatic carbocycles. The van der Waals surface area contributed by atoms with Crippen LogP contribution in [0.4, 0.5) is 8.78 Å². The molecule has 0 spiro atoms. The summed E-state index contributed by atoms with van der Waals surface area (Å²) in [5.74, 6) is -1.92. The molecular weight excluding hydrogens is 184 g/mol. The van der Waals surface area contributed by atoms with E-state index < -0.39 is 5.92 Å². The lowest BCUT2D eigenvalue weighted by atomic mass is 9.84. The van der Waals surface area contributed by atoms with Crippen LogP contribution in [0.25, 0.3) is 0 Å². The van der Waals surface area contributed by atoms with E-state index in [2.05, 4.69) is 13.8 Å². The Morgan fingerprint density at radius 1 is 1.36 bits per heavy atom. The first-order valence-electron chi connectivity index (χ1n) is 5.56. The van der Waals surface area contributed by atoms with Gasteiger partial charge < -0.3 is 0 Å². The van der Waals surface area contributed by atoms with Gasteiger partial charge in [0.15, 0.2) is 0 Å². The Morgan fingerprint density at radius 3 is 2.71 bits per heavy atom. The molecule has 0 saturated carbocycles. The lowest BCUT2D eigenvalue weighted by Gasteiger charge is -2.32. The fourth-order valence-corrected chi connectivity index (χ4v) is 3.32. The van der Waals surface area contributed by atoms with Crippen molar-refractivity contribution in [3.8, 4) is 0 Å². The molecule has 82 valence electrons. The third kappa shape index (κ3) is 1.67. The third-order valence-corrected chi connectivity index (χ3v) is 3.54. The molecule has 2 aliphatic rings. The molecule has 14 heavy (non-hydrogen) atoms. The van der Waals surface area contributed by atoms with Gasteiger partial charge in [0.25, 0.3) is 5.92 Å². The number of rotatable bonds is 2. The summed E-state index contributed by atoms with van der Waals surface area (Å²) in [4.78, 5) is 2.03. The summed E-state index contributed by atoms with van der Waals surface area (Å²) < 4.78 is 26.6. The average molecular weight is 203 g/mol. The number of nitrogens with zero attached hydrogens (tertiary/aromatic N) is 1. The summed E-state index contributed by atoms with van der Waals surface area (Å²) in [5, 5.41) is 0. The van der Waals surface area contributed by atoms with Crippen molar-refractivity contribution in [1.29, 1.82) is 0 Å². The number of hydrogen-bond donors (Lipinski definition) is 0. The highest BCUT2D eigenvalue weighted by atomic mass is 19.3. The second-order valence-corrected chi connectivity index (χ2v) is 5.38. The van der Waals surface area contributed by atoms with Crippen LogP contribution in [-0.2, 0) is 0 Å². The summed E-state index contributed by atoms with van der Waals surface area (Å²) in [5.41, 5.74) is -0.155. The van der Waals surface area contributed by atoms with Crippen molar-refractivity contribution in [2.45, 2.75) is 51.0 Å². The smallest absolute Gasteiger partial charge is 0.262 e. The molecule has 1 unspecified atom stereocenters. The molecule has 0 bridgehead atoms. The molecule has 0 N–H and O–H groups in total. The van der Waals surface area contributed by atoms with Gasteiger partial charge in [-0.2, -0.15) is 0 Å². The molecule has 0 aromatic heterocycles. The second kappa shape index (κ2) is 3.16. The maximum absolute atomic E-state index is 13.3. The summed E-state index contributed by atoms with van der Waals surface area (Å²) in [6, 6.07) is 0. The summed E-state index contributed by atoms with van der Waals surface area (Å²) in [6.07, 6.45) is 3.10. The zero-order valence-electron chi connectivity index (χ0n) is 9.02. The van der Waals surface area contributed by atoms with Crippen molar-refractivity contribution < 1.29 is 8.78 Å². The highest BCUT2D eigenvalue weighted by Crippen LogP contribution is 2.48. The van der Waals surface area contributed by atoms with Crippen molar-refractivity contribution in [3.05, 3.63) is 0 Å². The van der Waals surface area contributed by atoms with Crippen molar-refractivity contribution >= 4 is 0 Å². The molecule has 2 saturated heterocycles. The highest BCUT2D eigenvalue weighted by molar-refractivity contribution is 5.06. The maximum atomic E-state index is 13.3. The molecule has 1 atom stereocenters. The maximum Gasteiger partial charge on any atom is 0.262 e. The van der Waals surface area contributed by atoms with Gasteiger partial charge in [-0.05, 0) is 31.7 Å². The van der Waals surface area contributed by atoms with E-state index in [4.69, 9.17) is 0 Å². The monoisotopic (exact) mass is 203 g/mol. The van der Waals surface area contributed by atoms with Gasteiger partial charge in [-0.3, -0.25) is 4.90 Å². The summed E-state index contributed by atoms with van der Waals surface area (Å²) in [7, 11) is 0. The number of fused-ring (bicyclic) bond motifs is 1. The quantitative estimate of drug-likeness (QED) is 0.667. The number of alkyl halides is 2. The van der Waals surface area contributed by atoms with Crippen LogP contribution < -0.4 is 0 Å². The molecular formula is C11H19F2N. The minimum atomic E-state index is -2.44. The van der Waals surface area contributed by atoms with Crippen molar-refractivity contribution in [3.63, 3.8) is 0 Å². The number of hydrogen-bond acceptors (Lipinski definition) is 1. The fourth-order valence-electron chi connectivity index (χ4n) is 3.32. The molecule has 0 amide bonds. The van der Waals surface area contributed by atoms with E-state index in [1.54, 1.807) is 0 Å². The molecule has 2 rings (SSSR count). The van der Waals surface area contributed by atoms with Gasteiger partial charge in [0, 0.05) is 12.0 Å². The lowest BCUT2D eigenvalue weighted by molar-refractivity contribution is 0.00910. The second-order valence-electron chi connectivity index (χ2n) is 5.38. The minimum absolute atomic E-state index is 0.000278. The fraction of sp³-hybridized carbons (Fsp3) is 1.00. The van der Waals surface area contributed by atoms with Gasteiger partial charge in [0.2, 0.25) is 0 Å². The van der Waals surface area contributed by atoms with Crippen LogP contribution in [0, 0.1) is 5.92 Å². The third-order valence-electron chi connectivity index (χ3n) is 3.54. The van der Waals surface area contributed by atoms with E-state index >= 15 is 0 Å². The first kappa shape index (κ1) is 10.3. The van der Waals surface area contributed by atoms with Crippen LogP contribution in [0.3, 0.4) is 0 Å². The van der Waals surface area contributed by atoms with Gasteiger partial charge in [0.1, 0.15) is 0 Å². The van der Waals surface area contributed by atoms with E-state index in [0.29, 0.717) is 5.92 Å². The standard InChI is InChI=1S/C11H19F2N/c1-9(2)6-10-4-3-5-14(10)8-11(12,13)7-10/h9H,3-8H2,1-2H3. The highest BCUT2D eigenvalue weighted by Gasteiger charge is 2.56. The Labute approximate surface area is 84.5 Å². The first-order chi connectivity index (χ1) is 6.44. The molecule has 2 fully saturated rings. The Hall–Kier alpha value is -0.180. The van der Waals surface area contributed by atoms with Gasteiger partial charge in [0.05, 0.1) is 6.54 Å². The molecule has 1 nitrogen and oxygen atoms in total. The molecule has 2 heterocycles. The topological polar surface area (TPSA) is 3.24 Å². The molecule has 0 aliphatic carbocycles. The van der Waals surface area contributed by atoms with E-state index in [1.807, 2.05) is 4.90 Å². The van der Waals surface area contributed by atoms with Crippen LogP contribution in [0.15, 0.2) is 0 Å². The largest absolute Gasteiger partial charge is 0.291 e. The summed E-state index contributed by atoms with van der Waals surface area (Å²) in [6.45, 7) is 5.13. The zero-order chi connectivity index (χ0) is 10.4. The van der Waals surface area contributed by atoms with Crippen LogP contribution >= 0.6 is 0 Å². The zero-order valence-corrected chi connectivity index (χ0v) is 9.02. The van der Waals surface area contributed by atoms with Crippen LogP contribution in [0.1, 0.15) is 39.5 Å². The van der Waals surface area contributed by atoms with Crippen molar-refractivity contribution in [2.75, 3.05) is 13.1 Å². The predicted molar refractivity (Wildman–Crippen MR) is 52.6 cm³/mol. The van der Waals surface area contributed by atoms with Gasteiger partial charge in [-0.25, -0.2) is 8.78 Å². The Balaban J connectivity index is 2.15. The predicted octanol–water partition coefficient (Wildman–Crippen LogP) is 2.91. The van der Waals surface area contributed by atoms with E-state index in [9.17, 15) is 8.78 Å². The van der Waals surface area contributed by atoms with E-state index in [-0.39, 0.29) is 18.5 Å². The van der Waals surface area contributed by atoms with Crippen LogP contribution in [-0.4, -0.2) is 29.5 Å². The van der Waals surface area contributed by atoms with Crippen molar-refractivity contribution in [1.82, 2.24) is 4.90 Å². The van der Waals surface area contributed by atoms with Gasteiger partial charge in [-0.1, -0.05) is 13.8 Å². The van der Waals surface area contributed by atoms with Gasteiger partial charge in [-0.15, -0.1) is 0 Å². The van der Waals surface area contributed by atoms with E-state index in [0.717, 1.165) is 25.8 Å². The first-order valence-corrected chi connectivity index (χ1v) is 5.56. The Kier molecular flexibility index (Phi) is 2.33.